The molecule has 1 aliphatic carbocycles. The summed E-state index contributed by atoms with van der Waals surface area (Å²) in [5, 5.41) is 7.00. The van der Waals surface area contributed by atoms with Crippen LogP contribution in [-0.4, -0.2) is 37.3 Å². The lowest BCUT2D eigenvalue weighted by atomic mass is 9.96. The first-order valence-corrected chi connectivity index (χ1v) is 9.09. The lowest BCUT2D eigenvalue weighted by molar-refractivity contribution is 0.0992. The number of nitrogens with one attached hydrogen (secondary N) is 2. The second kappa shape index (κ2) is 8.04. The Kier molecular flexibility index (Phi) is 6.02. The van der Waals surface area contributed by atoms with Gasteiger partial charge in [0.25, 0.3) is 0 Å². The number of hydrogen-bond donors (Lipinski definition) is 2. The topological polar surface area (TPSA) is 45.7 Å². The minimum absolute atomic E-state index is 0. The fourth-order valence-electron chi connectivity index (χ4n) is 4.28. The zero-order chi connectivity index (χ0) is 15.6. The Bertz CT molecular complexity index is 567. The number of benzene rings is 1. The lowest BCUT2D eigenvalue weighted by Crippen LogP contribution is -2.47. The quantitative estimate of drug-likeness (QED) is 0.429. The molecule has 4 nitrogen and oxygen atoms in total. The molecule has 0 aromatic heterocycles. The van der Waals surface area contributed by atoms with Crippen LogP contribution in [0.2, 0.25) is 0 Å². The van der Waals surface area contributed by atoms with Gasteiger partial charge in [-0.1, -0.05) is 24.3 Å². The maximum atomic E-state index is 5.94. The monoisotopic (exact) mass is 441 g/mol. The fraction of sp³-hybridized carbons (Fsp3) is 0.632. The second-order valence-electron chi connectivity index (χ2n) is 7.12. The summed E-state index contributed by atoms with van der Waals surface area (Å²) in [6.45, 7) is 3.92. The van der Waals surface area contributed by atoms with Crippen LogP contribution in [0.5, 0.6) is 0 Å². The molecule has 3 atom stereocenters. The van der Waals surface area contributed by atoms with Gasteiger partial charge in [0.1, 0.15) is 0 Å². The lowest BCUT2D eigenvalue weighted by Gasteiger charge is -2.23. The molecule has 0 spiro atoms. The molecule has 3 unspecified atom stereocenters. The van der Waals surface area contributed by atoms with Gasteiger partial charge in [-0.2, -0.15) is 0 Å². The van der Waals surface area contributed by atoms with Crippen molar-refractivity contribution in [3.05, 3.63) is 35.4 Å². The Balaban J connectivity index is 0.00000169. The van der Waals surface area contributed by atoms with Crippen molar-refractivity contribution in [1.29, 1.82) is 0 Å². The zero-order valence-electron chi connectivity index (χ0n) is 14.3. The molecule has 1 aromatic rings. The van der Waals surface area contributed by atoms with E-state index >= 15 is 0 Å². The summed E-state index contributed by atoms with van der Waals surface area (Å²) in [6.07, 6.45) is 6.75. The molecule has 0 saturated carbocycles. The maximum Gasteiger partial charge on any atom is 0.191 e. The van der Waals surface area contributed by atoms with E-state index in [2.05, 4.69) is 41.8 Å². The van der Waals surface area contributed by atoms with E-state index in [1.165, 1.54) is 24.0 Å². The number of aliphatic imine (C=N–C) groups is 1. The van der Waals surface area contributed by atoms with Gasteiger partial charge in [-0.15, -0.1) is 24.0 Å². The molecule has 5 heteroatoms. The molecule has 2 N–H and O–H groups in total. The number of ether oxygens (including phenoxy) is 1. The van der Waals surface area contributed by atoms with E-state index in [0.29, 0.717) is 24.2 Å². The maximum absolute atomic E-state index is 5.94. The average molecular weight is 441 g/mol. The molecule has 2 aliphatic heterocycles. The zero-order valence-corrected chi connectivity index (χ0v) is 16.7. The fourth-order valence-corrected chi connectivity index (χ4v) is 4.28. The van der Waals surface area contributed by atoms with Crippen molar-refractivity contribution < 1.29 is 4.74 Å². The predicted molar refractivity (Wildman–Crippen MR) is 108 cm³/mol. The van der Waals surface area contributed by atoms with Gasteiger partial charge in [-0.3, -0.25) is 4.99 Å². The van der Waals surface area contributed by atoms with Gasteiger partial charge in [0.05, 0.1) is 18.2 Å². The SMILES string of the molecule is CCNC(=NCC1Cc2ccccc2C1)NC1CC2CCC1O2.I. The van der Waals surface area contributed by atoms with E-state index in [0.717, 1.165) is 38.3 Å². The summed E-state index contributed by atoms with van der Waals surface area (Å²) in [7, 11) is 0. The summed E-state index contributed by atoms with van der Waals surface area (Å²) in [4.78, 5) is 4.86. The third-order valence-corrected chi connectivity index (χ3v) is 5.42. The van der Waals surface area contributed by atoms with Crippen LogP contribution in [0.15, 0.2) is 29.3 Å². The minimum Gasteiger partial charge on any atom is -0.373 e. The summed E-state index contributed by atoms with van der Waals surface area (Å²) < 4.78 is 5.94. The largest absolute Gasteiger partial charge is 0.373 e. The van der Waals surface area contributed by atoms with Crippen LogP contribution in [-0.2, 0) is 17.6 Å². The molecule has 2 saturated heterocycles. The van der Waals surface area contributed by atoms with E-state index in [9.17, 15) is 0 Å². The van der Waals surface area contributed by atoms with Crippen LogP contribution in [0.4, 0.5) is 0 Å². The Morgan fingerprint density at radius 2 is 1.96 bits per heavy atom. The Hall–Kier alpha value is -0.820. The van der Waals surface area contributed by atoms with Crippen molar-refractivity contribution >= 4 is 29.9 Å². The van der Waals surface area contributed by atoms with Crippen molar-refractivity contribution in [3.8, 4) is 0 Å². The highest BCUT2D eigenvalue weighted by atomic mass is 127. The van der Waals surface area contributed by atoms with Crippen molar-refractivity contribution in [1.82, 2.24) is 10.6 Å². The molecular formula is C19H28IN3O. The molecule has 2 bridgehead atoms. The number of halogens is 1. The molecule has 3 aliphatic rings. The molecule has 2 heterocycles. The Labute approximate surface area is 161 Å². The molecule has 2 fully saturated rings. The normalized spacial score (nSPS) is 28.5. The first-order chi connectivity index (χ1) is 11.3. The first kappa shape index (κ1) is 18.0. The van der Waals surface area contributed by atoms with Gasteiger partial charge < -0.3 is 15.4 Å². The van der Waals surface area contributed by atoms with E-state index in [1.54, 1.807) is 0 Å². The van der Waals surface area contributed by atoms with Crippen LogP contribution in [0.3, 0.4) is 0 Å². The van der Waals surface area contributed by atoms with E-state index < -0.39 is 0 Å². The van der Waals surface area contributed by atoms with Crippen LogP contribution >= 0.6 is 24.0 Å². The van der Waals surface area contributed by atoms with Crippen LogP contribution < -0.4 is 10.6 Å². The van der Waals surface area contributed by atoms with Crippen LogP contribution in [0.25, 0.3) is 0 Å². The number of nitrogens with zero attached hydrogens (tertiary/aromatic N) is 1. The molecule has 4 rings (SSSR count). The number of hydrogen-bond acceptors (Lipinski definition) is 2. The van der Waals surface area contributed by atoms with Crippen LogP contribution in [0.1, 0.15) is 37.3 Å². The predicted octanol–water partition coefficient (Wildman–Crippen LogP) is 2.89. The molecular weight excluding hydrogens is 413 g/mol. The summed E-state index contributed by atoms with van der Waals surface area (Å²) >= 11 is 0. The van der Waals surface area contributed by atoms with Gasteiger partial charge in [-0.05, 0) is 56.1 Å². The van der Waals surface area contributed by atoms with Gasteiger partial charge >= 0.3 is 0 Å². The Morgan fingerprint density at radius 1 is 1.21 bits per heavy atom. The summed E-state index contributed by atoms with van der Waals surface area (Å²) in [5.41, 5.74) is 3.01. The number of guanidine groups is 1. The first-order valence-electron chi connectivity index (χ1n) is 9.09. The highest BCUT2D eigenvalue weighted by molar-refractivity contribution is 14.0. The van der Waals surface area contributed by atoms with Gasteiger partial charge in [-0.25, -0.2) is 0 Å². The average Bonchev–Trinajstić information content (AvgIpc) is 3.27. The van der Waals surface area contributed by atoms with E-state index in [4.69, 9.17) is 9.73 Å². The standard InChI is InChI=1S/C19H27N3O.HI/c1-2-20-19(22-17-11-16-7-8-18(17)23-16)21-12-13-9-14-5-3-4-6-15(14)10-13;/h3-6,13,16-18H,2,7-12H2,1H3,(H2,20,21,22);1H. The van der Waals surface area contributed by atoms with Crippen LogP contribution in [0, 0.1) is 5.92 Å². The summed E-state index contributed by atoms with van der Waals surface area (Å²) in [5.74, 6) is 1.60. The number of fused-ring (bicyclic) bond motifs is 3. The third-order valence-electron chi connectivity index (χ3n) is 5.42. The van der Waals surface area contributed by atoms with Crippen molar-refractivity contribution in [2.75, 3.05) is 13.1 Å². The second-order valence-corrected chi connectivity index (χ2v) is 7.12. The summed E-state index contributed by atoms with van der Waals surface area (Å²) in [6, 6.07) is 9.24. The van der Waals surface area contributed by atoms with Crippen molar-refractivity contribution in [2.24, 2.45) is 10.9 Å². The van der Waals surface area contributed by atoms with E-state index in [-0.39, 0.29) is 24.0 Å². The molecule has 24 heavy (non-hydrogen) atoms. The third kappa shape index (κ3) is 3.87. The van der Waals surface area contributed by atoms with Gasteiger partial charge in [0, 0.05) is 13.1 Å². The van der Waals surface area contributed by atoms with Crippen molar-refractivity contribution in [3.63, 3.8) is 0 Å². The minimum atomic E-state index is 0. The number of rotatable bonds is 4. The van der Waals surface area contributed by atoms with Crippen molar-refractivity contribution in [2.45, 2.75) is 57.3 Å². The molecule has 1 aromatic carbocycles. The highest BCUT2D eigenvalue weighted by Gasteiger charge is 2.41. The molecule has 0 amide bonds. The Morgan fingerprint density at radius 3 is 2.54 bits per heavy atom. The van der Waals surface area contributed by atoms with E-state index in [1.807, 2.05) is 0 Å². The molecule has 132 valence electrons. The van der Waals surface area contributed by atoms with Gasteiger partial charge in [0.15, 0.2) is 5.96 Å². The smallest absolute Gasteiger partial charge is 0.191 e. The van der Waals surface area contributed by atoms with Gasteiger partial charge in [0.2, 0.25) is 0 Å². The molecule has 0 radical (unpaired) electrons. The highest BCUT2D eigenvalue weighted by Crippen LogP contribution is 2.34.